The van der Waals surface area contributed by atoms with Gasteiger partial charge in [-0.1, -0.05) is 42.5 Å². The van der Waals surface area contributed by atoms with Crippen LogP contribution in [0.15, 0.2) is 83.7 Å². The fourth-order valence-corrected chi connectivity index (χ4v) is 3.78. The number of hydrogen-bond donors (Lipinski definition) is 1. The fourth-order valence-electron chi connectivity index (χ4n) is 3.78. The Labute approximate surface area is 188 Å². The molecule has 34 heavy (non-hydrogen) atoms. The molecule has 5 aromatic rings. The summed E-state index contributed by atoms with van der Waals surface area (Å²) in [4.78, 5) is 17.4. The van der Waals surface area contributed by atoms with Gasteiger partial charge in [-0.2, -0.15) is 13.2 Å². The van der Waals surface area contributed by atoms with Crippen LogP contribution >= 0.6 is 0 Å². The molecule has 0 unspecified atom stereocenters. The first kappa shape index (κ1) is 21.6. The van der Waals surface area contributed by atoms with Crippen LogP contribution in [0.25, 0.3) is 39.3 Å². The summed E-state index contributed by atoms with van der Waals surface area (Å²) in [6.45, 7) is 0. The van der Waals surface area contributed by atoms with Crippen molar-refractivity contribution in [1.82, 2.24) is 14.6 Å². The largest absolute Gasteiger partial charge is 0.416 e. The molecule has 0 aliphatic rings. The first-order chi connectivity index (χ1) is 16.2. The third-order valence-corrected chi connectivity index (χ3v) is 5.39. The molecule has 0 bridgehead atoms. The van der Waals surface area contributed by atoms with Gasteiger partial charge < -0.3 is 0 Å². The van der Waals surface area contributed by atoms with Crippen LogP contribution < -0.4 is 5.56 Å². The van der Waals surface area contributed by atoms with Gasteiger partial charge in [-0.25, -0.2) is 18.3 Å². The number of nitrogens with one attached hydrogen (secondary N) is 1. The number of H-pyrrole nitrogens is 1. The van der Waals surface area contributed by atoms with E-state index >= 15 is 0 Å². The SMILES string of the molecule is O=c1cc(-c2ccc(C(F)(F)F)cc2)nc2c(-c3ccc(F)cc3F)c(-c3ccccc3)[nH]n12. The highest BCUT2D eigenvalue weighted by Crippen LogP contribution is 2.36. The maximum absolute atomic E-state index is 14.8. The zero-order valence-electron chi connectivity index (χ0n) is 17.2. The number of hydrogen-bond acceptors (Lipinski definition) is 2. The molecule has 2 aromatic heterocycles. The Morgan fingerprint density at radius 1 is 0.824 bits per heavy atom. The van der Waals surface area contributed by atoms with Gasteiger partial charge in [0.1, 0.15) is 11.6 Å². The second kappa shape index (κ2) is 7.95. The Bertz CT molecular complexity index is 1570. The molecule has 0 atom stereocenters. The molecule has 1 N–H and O–H groups in total. The van der Waals surface area contributed by atoms with E-state index < -0.39 is 28.9 Å². The lowest BCUT2D eigenvalue weighted by atomic mass is 10.0. The quantitative estimate of drug-likeness (QED) is 0.316. The van der Waals surface area contributed by atoms with Crippen molar-refractivity contribution in [3.05, 3.63) is 106 Å². The minimum Gasteiger partial charge on any atom is -0.288 e. The lowest BCUT2D eigenvalue weighted by Crippen LogP contribution is -2.14. The number of aromatic nitrogens is 3. The Morgan fingerprint density at radius 2 is 1.53 bits per heavy atom. The summed E-state index contributed by atoms with van der Waals surface area (Å²) in [6, 6.07) is 17.3. The van der Waals surface area contributed by atoms with E-state index in [2.05, 4.69) is 10.1 Å². The van der Waals surface area contributed by atoms with Crippen molar-refractivity contribution in [1.29, 1.82) is 0 Å². The van der Waals surface area contributed by atoms with Crippen LogP contribution in [0.4, 0.5) is 22.0 Å². The molecule has 0 radical (unpaired) electrons. The minimum atomic E-state index is -4.51. The fraction of sp³-hybridized carbons (Fsp3) is 0.0400. The molecule has 0 saturated heterocycles. The summed E-state index contributed by atoms with van der Waals surface area (Å²) >= 11 is 0. The van der Waals surface area contributed by atoms with Crippen molar-refractivity contribution in [2.45, 2.75) is 6.18 Å². The zero-order valence-corrected chi connectivity index (χ0v) is 17.2. The highest BCUT2D eigenvalue weighted by atomic mass is 19.4. The number of rotatable bonds is 3. The van der Waals surface area contributed by atoms with E-state index in [1.165, 1.54) is 24.3 Å². The summed E-state index contributed by atoms with van der Waals surface area (Å²) < 4.78 is 68.3. The molecule has 9 heteroatoms. The smallest absolute Gasteiger partial charge is 0.288 e. The van der Waals surface area contributed by atoms with E-state index in [0.29, 0.717) is 11.3 Å². The standard InChI is InChI=1S/C25H14F5N3O/c26-17-10-11-18(19(27)12-17)22-23(15-4-2-1-3-5-15)32-33-21(34)13-20(31-24(22)33)14-6-8-16(9-7-14)25(28,29)30/h1-13,32H. The van der Waals surface area contributed by atoms with Crippen LogP contribution in [0.3, 0.4) is 0 Å². The van der Waals surface area contributed by atoms with Crippen molar-refractivity contribution in [3.8, 4) is 33.6 Å². The molecular weight excluding hydrogens is 453 g/mol. The molecule has 0 saturated carbocycles. The summed E-state index contributed by atoms with van der Waals surface area (Å²) in [7, 11) is 0. The topological polar surface area (TPSA) is 50.2 Å². The predicted octanol–water partition coefficient (Wildman–Crippen LogP) is 6.32. The van der Waals surface area contributed by atoms with Gasteiger partial charge in [-0.15, -0.1) is 0 Å². The van der Waals surface area contributed by atoms with Crippen molar-refractivity contribution in [2.75, 3.05) is 0 Å². The molecule has 0 fully saturated rings. The number of nitrogens with zero attached hydrogens (tertiary/aromatic N) is 2. The van der Waals surface area contributed by atoms with Crippen LogP contribution in [0.2, 0.25) is 0 Å². The van der Waals surface area contributed by atoms with Gasteiger partial charge in [0, 0.05) is 28.8 Å². The molecule has 0 spiro atoms. The highest BCUT2D eigenvalue weighted by Gasteiger charge is 2.30. The average Bonchev–Trinajstić information content (AvgIpc) is 3.19. The predicted molar refractivity (Wildman–Crippen MR) is 117 cm³/mol. The number of alkyl halides is 3. The Morgan fingerprint density at radius 3 is 2.18 bits per heavy atom. The van der Waals surface area contributed by atoms with E-state index in [4.69, 9.17) is 0 Å². The molecule has 5 rings (SSSR count). The first-order valence-electron chi connectivity index (χ1n) is 10.1. The lowest BCUT2D eigenvalue weighted by molar-refractivity contribution is -0.137. The van der Waals surface area contributed by atoms with Crippen LogP contribution in [-0.4, -0.2) is 14.6 Å². The van der Waals surface area contributed by atoms with Crippen LogP contribution in [0.1, 0.15) is 5.56 Å². The molecule has 0 aliphatic carbocycles. The Hall–Kier alpha value is -4.27. The van der Waals surface area contributed by atoms with Gasteiger partial charge >= 0.3 is 6.18 Å². The summed E-state index contributed by atoms with van der Waals surface area (Å²) in [5.41, 5.74) is 0.281. The molecular formula is C25H14F5N3O. The number of fused-ring (bicyclic) bond motifs is 1. The molecule has 2 heterocycles. The van der Waals surface area contributed by atoms with Crippen molar-refractivity contribution in [3.63, 3.8) is 0 Å². The van der Waals surface area contributed by atoms with E-state index in [-0.39, 0.29) is 28.0 Å². The maximum atomic E-state index is 14.8. The Balaban J connectivity index is 1.78. The van der Waals surface area contributed by atoms with Gasteiger partial charge in [0.05, 0.1) is 22.5 Å². The van der Waals surface area contributed by atoms with Gasteiger partial charge in [0.15, 0.2) is 5.65 Å². The first-order valence-corrected chi connectivity index (χ1v) is 10.1. The third-order valence-electron chi connectivity index (χ3n) is 5.39. The Kier molecular flexibility index (Phi) is 5.04. The normalized spacial score (nSPS) is 11.8. The van der Waals surface area contributed by atoms with Gasteiger partial charge in [-0.3, -0.25) is 9.89 Å². The summed E-state index contributed by atoms with van der Waals surface area (Å²) in [5, 5.41) is 2.93. The lowest BCUT2D eigenvalue weighted by Gasteiger charge is -2.08. The summed E-state index contributed by atoms with van der Waals surface area (Å²) in [6.07, 6.45) is -4.51. The van der Waals surface area contributed by atoms with Crippen molar-refractivity contribution in [2.24, 2.45) is 0 Å². The molecule has 0 amide bonds. The van der Waals surface area contributed by atoms with Crippen LogP contribution in [0.5, 0.6) is 0 Å². The van der Waals surface area contributed by atoms with Crippen molar-refractivity contribution < 1.29 is 22.0 Å². The van der Waals surface area contributed by atoms with E-state index in [9.17, 15) is 26.7 Å². The molecule has 3 aromatic carbocycles. The molecule has 170 valence electrons. The second-order valence-electron chi connectivity index (χ2n) is 7.57. The second-order valence-corrected chi connectivity index (χ2v) is 7.57. The van der Waals surface area contributed by atoms with Crippen LogP contribution in [-0.2, 0) is 6.18 Å². The minimum absolute atomic E-state index is 0.00970. The van der Waals surface area contributed by atoms with E-state index in [1.807, 2.05) is 0 Å². The molecule has 4 nitrogen and oxygen atoms in total. The number of benzene rings is 3. The number of halogens is 5. The van der Waals surface area contributed by atoms with Gasteiger partial charge in [-0.05, 0) is 24.3 Å². The van der Waals surface area contributed by atoms with Gasteiger partial charge in [0.25, 0.3) is 5.56 Å². The monoisotopic (exact) mass is 467 g/mol. The van der Waals surface area contributed by atoms with Crippen LogP contribution in [0, 0.1) is 11.6 Å². The van der Waals surface area contributed by atoms with Gasteiger partial charge in [0.2, 0.25) is 0 Å². The van der Waals surface area contributed by atoms with E-state index in [1.54, 1.807) is 30.3 Å². The molecule has 0 aliphatic heterocycles. The average molecular weight is 467 g/mol. The number of aromatic amines is 1. The highest BCUT2D eigenvalue weighted by molar-refractivity contribution is 5.91. The zero-order chi connectivity index (χ0) is 24.0. The third kappa shape index (κ3) is 3.75. The van der Waals surface area contributed by atoms with E-state index in [0.717, 1.165) is 28.8 Å². The van der Waals surface area contributed by atoms with Crippen molar-refractivity contribution >= 4 is 5.65 Å². The summed E-state index contributed by atoms with van der Waals surface area (Å²) in [5.74, 6) is -1.62. The maximum Gasteiger partial charge on any atom is 0.416 e.